The molecule has 0 saturated carbocycles. The predicted octanol–water partition coefficient (Wildman–Crippen LogP) is 2.06. The molecule has 0 aliphatic carbocycles. The van der Waals surface area contributed by atoms with Crippen LogP contribution in [0.2, 0.25) is 0 Å². The van der Waals surface area contributed by atoms with E-state index in [1.54, 1.807) is 12.3 Å². The summed E-state index contributed by atoms with van der Waals surface area (Å²) in [4.78, 5) is 8.08. The second-order valence-electron chi connectivity index (χ2n) is 2.63. The van der Waals surface area contributed by atoms with E-state index >= 15 is 0 Å². The molecule has 1 aromatic carbocycles. The van der Waals surface area contributed by atoms with E-state index in [0.717, 1.165) is 5.56 Å². The smallest absolute Gasteiger partial charge is 0.161 e. The Hall–Kier alpha value is -1.90. The number of benzene rings is 1. The van der Waals surface area contributed by atoms with E-state index in [2.05, 4.69) is 9.97 Å². The van der Waals surface area contributed by atoms with Crippen molar-refractivity contribution in [1.29, 1.82) is 0 Å². The molecule has 0 saturated heterocycles. The monoisotopic (exact) mass is 170 g/mol. The summed E-state index contributed by atoms with van der Waals surface area (Å²) >= 11 is 0. The molecule has 1 heterocycles. The molecule has 1 aromatic heterocycles. The van der Waals surface area contributed by atoms with Crippen molar-refractivity contribution in [2.24, 2.45) is 0 Å². The van der Waals surface area contributed by atoms with Gasteiger partial charge in [-0.2, -0.15) is 0 Å². The topological polar surface area (TPSA) is 49.6 Å². The molecule has 13 heavy (non-hydrogen) atoms. The van der Waals surface area contributed by atoms with Gasteiger partial charge in [0.05, 0.1) is 0 Å². The first-order valence-electron chi connectivity index (χ1n) is 3.96. The van der Waals surface area contributed by atoms with Crippen LogP contribution in [-0.4, -0.2) is 9.97 Å². The summed E-state index contributed by atoms with van der Waals surface area (Å²) in [6.45, 7) is 0. The molecular formula is C10H8N3. The summed E-state index contributed by atoms with van der Waals surface area (Å²) in [7, 11) is 0. The normalized spacial score (nSPS) is 9.85. The molecular weight excluding hydrogens is 162 g/mol. The lowest BCUT2D eigenvalue weighted by Gasteiger charge is -1.98. The third kappa shape index (κ3) is 1.64. The van der Waals surface area contributed by atoms with Crippen molar-refractivity contribution in [2.45, 2.75) is 0 Å². The molecule has 3 heteroatoms. The molecule has 0 amide bonds. The highest BCUT2D eigenvalue weighted by Gasteiger charge is 1.98. The summed E-state index contributed by atoms with van der Waals surface area (Å²) in [5.41, 5.74) is 8.28. The van der Waals surface area contributed by atoms with Gasteiger partial charge in [-0.1, -0.05) is 30.3 Å². The van der Waals surface area contributed by atoms with Crippen molar-refractivity contribution in [3.63, 3.8) is 0 Å². The van der Waals surface area contributed by atoms with Crippen LogP contribution in [0.4, 0.5) is 5.82 Å². The number of nitrogens with one attached hydrogen (secondary N) is 1. The van der Waals surface area contributed by atoms with E-state index in [9.17, 15) is 0 Å². The van der Waals surface area contributed by atoms with Crippen LogP contribution in [0.15, 0.2) is 42.6 Å². The number of nitrogens with zero attached hydrogens (tertiary/aromatic N) is 2. The molecule has 0 aliphatic rings. The van der Waals surface area contributed by atoms with Crippen LogP contribution in [0.25, 0.3) is 11.4 Å². The van der Waals surface area contributed by atoms with Crippen LogP contribution in [0, 0.1) is 0 Å². The van der Waals surface area contributed by atoms with Gasteiger partial charge < -0.3 is 0 Å². The molecule has 0 spiro atoms. The molecule has 3 nitrogen and oxygen atoms in total. The molecule has 1 radical (unpaired) electrons. The Labute approximate surface area is 76.3 Å². The lowest BCUT2D eigenvalue weighted by molar-refractivity contribution is 1.15. The molecule has 63 valence electrons. The van der Waals surface area contributed by atoms with Crippen molar-refractivity contribution in [1.82, 2.24) is 15.7 Å². The Morgan fingerprint density at radius 1 is 1.00 bits per heavy atom. The highest BCUT2D eigenvalue weighted by atomic mass is 14.9. The summed E-state index contributed by atoms with van der Waals surface area (Å²) in [5.74, 6) is 0.849. The highest BCUT2D eigenvalue weighted by molar-refractivity contribution is 5.55. The van der Waals surface area contributed by atoms with Gasteiger partial charge in [-0.3, -0.25) is 5.73 Å². The van der Waals surface area contributed by atoms with Crippen molar-refractivity contribution in [3.8, 4) is 11.4 Å². The summed E-state index contributed by atoms with van der Waals surface area (Å²) in [6.07, 6.45) is 1.59. The van der Waals surface area contributed by atoms with Crippen molar-refractivity contribution >= 4 is 5.82 Å². The lowest BCUT2D eigenvalue weighted by atomic mass is 10.2. The highest BCUT2D eigenvalue weighted by Crippen LogP contribution is 2.14. The molecule has 0 bridgehead atoms. The number of aromatic nitrogens is 2. The molecule has 0 unspecified atom stereocenters. The standard InChI is InChI=1S/C10H8N3/c11-9-6-7-12-10(13-9)8-4-2-1-3-5-8/h1-7,11H. The third-order valence-electron chi connectivity index (χ3n) is 1.69. The first kappa shape index (κ1) is 7.73. The number of hydrogen-bond acceptors (Lipinski definition) is 2. The van der Waals surface area contributed by atoms with Crippen molar-refractivity contribution in [3.05, 3.63) is 42.6 Å². The Morgan fingerprint density at radius 3 is 2.46 bits per heavy atom. The fourth-order valence-electron chi connectivity index (χ4n) is 1.09. The Bertz CT molecular complexity index is 398. The second kappa shape index (κ2) is 3.23. The van der Waals surface area contributed by atoms with Gasteiger partial charge in [0.15, 0.2) is 5.82 Å². The average Bonchev–Trinajstić information content (AvgIpc) is 2.19. The average molecular weight is 170 g/mol. The van der Waals surface area contributed by atoms with Gasteiger partial charge in [-0.15, -0.1) is 0 Å². The summed E-state index contributed by atoms with van der Waals surface area (Å²) in [5, 5.41) is 0. The molecule has 2 aromatic rings. The minimum absolute atomic E-state index is 0.244. The predicted molar refractivity (Wildman–Crippen MR) is 50.2 cm³/mol. The Morgan fingerprint density at radius 2 is 1.77 bits per heavy atom. The zero-order valence-corrected chi connectivity index (χ0v) is 6.94. The van der Waals surface area contributed by atoms with Crippen LogP contribution in [0.5, 0.6) is 0 Å². The third-order valence-corrected chi connectivity index (χ3v) is 1.69. The van der Waals surface area contributed by atoms with Crippen LogP contribution >= 0.6 is 0 Å². The van der Waals surface area contributed by atoms with Gasteiger partial charge in [-0.25, -0.2) is 9.97 Å². The van der Waals surface area contributed by atoms with Gasteiger partial charge in [0, 0.05) is 17.8 Å². The van der Waals surface area contributed by atoms with Crippen LogP contribution in [0.3, 0.4) is 0 Å². The van der Waals surface area contributed by atoms with E-state index in [1.165, 1.54) is 0 Å². The first-order valence-corrected chi connectivity index (χ1v) is 3.96. The number of rotatable bonds is 1. The maximum absolute atomic E-state index is 7.33. The molecule has 0 atom stereocenters. The Balaban J connectivity index is 2.48. The molecule has 1 N–H and O–H groups in total. The minimum atomic E-state index is 0.244. The number of hydrogen-bond donors (Lipinski definition) is 0. The van der Waals surface area contributed by atoms with Crippen LogP contribution in [0.1, 0.15) is 0 Å². The zero-order chi connectivity index (χ0) is 9.10. The molecule has 0 fully saturated rings. The minimum Gasteiger partial charge on any atom is -0.283 e. The zero-order valence-electron chi connectivity index (χ0n) is 6.94. The van der Waals surface area contributed by atoms with E-state index < -0.39 is 0 Å². The SMILES string of the molecule is [NH]c1ccnc(-c2ccccc2)n1. The second-order valence-corrected chi connectivity index (χ2v) is 2.63. The fourth-order valence-corrected chi connectivity index (χ4v) is 1.09. The molecule has 2 rings (SSSR count). The van der Waals surface area contributed by atoms with Gasteiger partial charge in [-0.05, 0) is 0 Å². The van der Waals surface area contributed by atoms with E-state index in [1.807, 2.05) is 30.3 Å². The largest absolute Gasteiger partial charge is 0.283 e. The first-order chi connectivity index (χ1) is 6.36. The summed E-state index contributed by atoms with van der Waals surface area (Å²) < 4.78 is 0. The van der Waals surface area contributed by atoms with Gasteiger partial charge in [0.2, 0.25) is 0 Å². The van der Waals surface area contributed by atoms with Gasteiger partial charge in [0.1, 0.15) is 5.82 Å². The van der Waals surface area contributed by atoms with Crippen molar-refractivity contribution < 1.29 is 0 Å². The fraction of sp³-hybridized carbons (Fsp3) is 0. The summed E-state index contributed by atoms with van der Waals surface area (Å²) in [6, 6.07) is 11.2. The lowest BCUT2D eigenvalue weighted by Crippen LogP contribution is -1.88. The van der Waals surface area contributed by atoms with Gasteiger partial charge >= 0.3 is 0 Å². The maximum Gasteiger partial charge on any atom is 0.161 e. The quantitative estimate of drug-likeness (QED) is 0.657. The molecule has 0 aliphatic heterocycles. The van der Waals surface area contributed by atoms with E-state index in [0.29, 0.717) is 5.82 Å². The van der Waals surface area contributed by atoms with E-state index in [-0.39, 0.29) is 5.82 Å². The van der Waals surface area contributed by atoms with E-state index in [4.69, 9.17) is 5.73 Å². The van der Waals surface area contributed by atoms with Crippen LogP contribution < -0.4 is 5.73 Å². The van der Waals surface area contributed by atoms with Crippen molar-refractivity contribution in [2.75, 3.05) is 0 Å². The van der Waals surface area contributed by atoms with Gasteiger partial charge in [0.25, 0.3) is 0 Å². The van der Waals surface area contributed by atoms with Crippen LogP contribution in [-0.2, 0) is 0 Å². The Kier molecular flexibility index (Phi) is 1.92. The maximum atomic E-state index is 7.33.